The van der Waals surface area contributed by atoms with Gasteiger partial charge in [-0.05, 0) is 76.5 Å². The summed E-state index contributed by atoms with van der Waals surface area (Å²) in [6.07, 6.45) is 6.71. The lowest BCUT2D eigenvalue weighted by molar-refractivity contribution is -0.155. The summed E-state index contributed by atoms with van der Waals surface area (Å²) in [6, 6.07) is 0. The number of aromatic nitrogens is 1. The van der Waals surface area contributed by atoms with Crippen LogP contribution in [-0.2, 0) is 19.1 Å². The summed E-state index contributed by atoms with van der Waals surface area (Å²) in [7, 11) is 1.39. The Bertz CT molecular complexity index is 803. The van der Waals surface area contributed by atoms with Crippen LogP contribution >= 0.6 is 0 Å². The van der Waals surface area contributed by atoms with Gasteiger partial charge in [0.15, 0.2) is 0 Å². The quantitative estimate of drug-likeness (QED) is 0.416. The Labute approximate surface area is 192 Å². The van der Waals surface area contributed by atoms with Gasteiger partial charge in [0.1, 0.15) is 11.4 Å². The number of hydrogen-bond donors (Lipinski definition) is 0. The lowest BCUT2D eigenvalue weighted by atomic mass is 9.66. The maximum absolute atomic E-state index is 12.6. The van der Waals surface area contributed by atoms with Gasteiger partial charge in [0.2, 0.25) is 0 Å². The molecule has 0 unspecified atom stereocenters. The van der Waals surface area contributed by atoms with Gasteiger partial charge in [0.05, 0.1) is 19.2 Å². The fraction of sp³-hybridized carbons (Fsp3) is 0.808. The van der Waals surface area contributed by atoms with Gasteiger partial charge in [-0.2, -0.15) is 0 Å². The third-order valence-corrected chi connectivity index (χ3v) is 6.42. The number of hydrogen-bond acceptors (Lipinski definition) is 6. The average Bonchev–Trinajstić information content (AvgIpc) is 3.37. The van der Waals surface area contributed by atoms with Crippen LogP contribution in [0.15, 0.2) is 4.52 Å². The number of methoxy groups -OCH3 is 1. The molecule has 0 radical (unpaired) electrons. The molecule has 0 amide bonds. The lowest BCUT2D eigenvalue weighted by Crippen LogP contribution is -2.26. The number of carbonyl (C=O) groups is 2. The second kappa shape index (κ2) is 9.56. The van der Waals surface area contributed by atoms with Crippen LogP contribution in [0.1, 0.15) is 128 Å². The molecule has 2 aliphatic rings. The van der Waals surface area contributed by atoms with Crippen LogP contribution in [0.5, 0.6) is 0 Å². The molecule has 3 rings (SSSR count). The minimum absolute atomic E-state index is 0.192. The van der Waals surface area contributed by atoms with Crippen molar-refractivity contribution in [1.82, 2.24) is 5.16 Å². The molecule has 0 N–H and O–H groups in total. The second-order valence-corrected chi connectivity index (χ2v) is 12.0. The molecule has 1 heterocycles. The van der Waals surface area contributed by atoms with E-state index in [1.807, 2.05) is 20.8 Å². The number of ether oxygens (including phenoxy) is 2. The Hall–Kier alpha value is -1.85. The second-order valence-electron chi connectivity index (χ2n) is 12.0. The van der Waals surface area contributed by atoms with Gasteiger partial charge in [-0.1, -0.05) is 25.9 Å². The zero-order valence-electron chi connectivity index (χ0n) is 21.0. The van der Waals surface area contributed by atoms with Crippen molar-refractivity contribution in [3.8, 4) is 0 Å². The monoisotopic (exact) mass is 447 g/mol. The maximum Gasteiger partial charge on any atom is 0.306 e. The highest BCUT2D eigenvalue weighted by Gasteiger charge is 2.42. The van der Waals surface area contributed by atoms with Crippen molar-refractivity contribution >= 4 is 11.9 Å². The van der Waals surface area contributed by atoms with Crippen molar-refractivity contribution in [1.29, 1.82) is 0 Å². The number of rotatable bonds is 9. The van der Waals surface area contributed by atoms with E-state index >= 15 is 0 Å². The number of carbonyl (C=O) groups excluding carboxylic acids is 2. The lowest BCUT2D eigenvalue weighted by Gasteiger charge is -2.38. The smallest absolute Gasteiger partial charge is 0.306 e. The molecule has 6 nitrogen and oxygen atoms in total. The molecule has 2 aliphatic carbocycles. The molecule has 0 bridgehead atoms. The summed E-state index contributed by atoms with van der Waals surface area (Å²) in [4.78, 5) is 24.5. The van der Waals surface area contributed by atoms with Crippen LogP contribution in [0.25, 0.3) is 0 Å². The molecule has 1 aromatic heterocycles. The van der Waals surface area contributed by atoms with Gasteiger partial charge in [-0.15, -0.1) is 0 Å². The maximum atomic E-state index is 12.6. The predicted octanol–water partition coefficient (Wildman–Crippen LogP) is 6.25. The molecule has 0 spiro atoms. The summed E-state index contributed by atoms with van der Waals surface area (Å²) in [5.41, 5.74) is 1.86. The largest absolute Gasteiger partial charge is 0.469 e. The topological polar surface area (TPSA) is 78.6 Å². The zero-order chi connectivity index (χ0) is 23.7. The van der Waals surface area contributed by atoms with Crippen LogP contribution in [0.3, 0.4) is 0 Å². The van der Waals surface area contributed by atoms with Crippen LogP contribution in [0.4, 0.5) is 0 Å². The van der Waals surface area contributed by atoms with E-state index in [9.17, 15) is 9.59 Å². The van der Waals surface area contributed by atoms with E-state index < -0.39 is 5.60 Å². The van der Waals surface area contributed by atoms with Crippen molar-refractivity contribution in [2.75, 3.05) is 7.11 Å². The van der Waals surface area contributed by atoms with Crippen molar-refractivity contribution in [2.45, 2.75) is 116 Å². The van der Waals surface area contributed by atoms with E-state index in [1.54, 1.807) is 0 Å². The van der Waals surface area contributed by atoms with Crippen molar-refractivity contribution in [2.24, 2.45) is 11.3 Å². The summed E-state index contributed by atoms with van der Waals surface area (Å²) < 4.78 is 16.4. The highest BCUT2D eigenvalue weighted by molar-refractivity contribution is 5.72. The molecule has 32 heavy (non-hydrogen) atoms. The Kier molecular flexibility index (Phi) is 7.41. The van der Waals surface area contributed by atoms with E-state index in [1.165, 1.54) is 19.1 Å². The minimum atomic E-state index is -0.549. The first-order valence-corrected chi connectivity index (χ1v) is 12.1. The van der Waals surface area contributed by atoms with E-state index in [0.29, 0.717) is 23.7 Å². The first kappa shape index (κ1) is 24.8. The summed E-state index contributed by atoms with van der Waals surface area (Å²) in [6.45, 7) is 12.5. The molecule has 0 aliphatic heterocycles. The molecular formula is C26H41NO5. The first-order chi connectivity index (χ1) is 14.9. The SMILES string of the molecule is COC(=O)CC[C@@H](CC(=O)OC(C)(C)C)c1noc([C@H]2C[C@@H](CC(C)(C)C)C2)c1C1CC1. The van der Waals surface area contributed by atoms with E-state index in [4.69, 9.17) is 14.0 Å². The van der Waals surface area contributed by atoms with Crippen LogP contribution in [-0.4, -0.2) is 29.8 Å². The third kappa shape index (κ3) is 6.82. The third-order valence-electron chi connectivity index (χ3n) is 6.42. The Morgan fingerprint density at radius 2 is 1.72 bits per heavy atom. The normalized spacial score (nSPS) is 22.2. The fourth-order valence-corrected chi connectivity index (χ4v) is 4.99. The van der Waals surface area contributed by atoms with E-state index in [2.05, 4.69) is 25.9 Å². The van der Waals surface area contributed by atoms with Crippen molar-refractivity contribution < 1.29 is 23.6 Å². The first-order valence-electron chi connectivity index (χ1n) is 12.1. The minimum Gasteiger partial charge on any atom is -0.469 e. The van der Waals surface area contributed by atoms with Gasteiger partial charge < -0.3 is 14.0 Å². The predicted molar refractivity (Wildman–Crippen MR) is 122 cm³/mol. The number of esters is 2. The number of nitrogens with zero attached hydrogens (tertiary/aromatic N) is 1. The van der Waals surface area contributed by atoms with Gasteiger partial charge in [0, 0.05) is 23.8 Å². The standard InChI is InChI=1S/C26H41NO5/c1-25(2,3)15-16-12-19(13-16)24-22(17-8-9-17)23(27-32-24)18(10-11-20(28)30-7)14-21(29)31-26(4,5)6/h16-19H,8-15H2,1-7H3/t16-,18-,19+/m0/s1. The van der Waals surface area contributed by atoms with Crippen LogP contribution in [0.2, 0.25) is 0 Å². The van der Waals surface area contributed by atoms with Crippen molar-refractivity contribution in [3.05, 3.63) is 17.0 Å². The van der Waals surface area contributed by atoms with Crippen LogP contribution < -0.4 is 0 Å². The molecule has 6 heteroatoms. The van der Waals surface area contributed by atoms with Gasteiger partial charge in [-0.3, -0.25) is 9.59 Å². The molecule has 180 valence electrons. The van der Waals surface area contributed by atoms with Gasteiger partial charge in [0.25, 0.3) is 0 Å². The summed E-state index contributed by atoms with van der Waals surface area (Å²) >= 11 is 0. The summed E-state index contributed by atoms with van der Waals surface area (Å²) in [5.74, 6) is 1.89. The molecular weight excluding hydrogens is 406 g/mol. The molecule has 2 fully saturated rings. The fourth-order valence-electron chi connectivity index (χ4n) is 4.99. The molecule has 0 aromatic carbocycles. The molecule has 2 saturated carbocycles. The highest BCUT2D eigenvalue weighted by atomic mass is 16.6. The molecule has 0 saturated heterocycles. The Morgan fingerprint density at radius 1 is 1.06 bits per heavy atom. The zero-order valence-corrected chi connectivity index (χ0v) is 21.0. The summed E-state index contributed by atoms with van der Waals surface area (Å²) in [5, 5.41) is 4.50. The molecule has 1 atom stereocenters. The van der Waals surface area contributed by atoms with Gasteiger partial charge in [-0.25, -0.2) is 0 Å². The Balaban J connectivity index is 1.78. The average molecular weight is 448 g/mol. The van der Waals surface area contributed by atoms with E-state index in [-0.39, 0.29) is 30.7 Å². The van der Waals surface area contributed by atoms with E-state index in [0.717, 1.165) is 43.1 Å². The Morgan fingerprint density at radius 3 is 2.25 bits per heavy atom. The molecule has 1 aromatic rings. The van der Waals surface area contributed by atoms with Crippen LogP contribution in [0, 0.1) is 11.3 Å². The highest BCUT2D eigenvalue weighted by Crippen LogP contribution is 2.53. The van der Waals surface area contributed by atoms with Crippen molar-refractivity contribution in [3.63, 3.8) is 0 Å². The van der Waals surface area contributed by atoms with Gasteiger partial charge >= 0.3 is 11.9 Å².